The summed E-state index contributed by atoms with van der Waals surface area (Å²) in [6.07, 6.45) is -2.49. The molecule has 2 amide bonds. The Bertz CT molecular complexity index is 1440. The third kappa shape index (κ3) is 5.26. The lowest BCUT2D eigenvalue weighted by atomic mass is 9.98. The van der Waals surface area contributed by atoms with E-state index in [0.29, 0.717) is 28.5 Å². The summed E-state index contributed by atoms with van der Waals surface area (Å²) in [6, 6.07) is 9.95. The number of nitrogens with zero attached hydrogens (tertiary/aromatic N) is 3. The van der Waals surface area contributed by atoms with Gasteiger partial charge in [0.1, 0.15) is 0 Å². The van der Waals surface area contributed by atoms with Gasteiger partial charge in [-0.3, -0.25) is 14.4 Å². The van der Waals surface area contributed by atoms with E-state index in [1.807, 2.05) is 20.8 Å². The van der Waals surface area contributed by atoms with Gasteiger partial charge in [-0.05, 0) is 63.6 Å². The maximum Gasteiger partial charge on any atom is 0.265 e. The van der Waals surface area contributed by atoms with Crippen LogP contribution in [0.4, 0.5) is 14.7 Å². The van der Waals surface area contributed by atoms with E-state index >= 15 is 0 Å². The van der Waals surface area contributed by atoms with Crippen LogP contribution in [0.5, 0.6) is 0 Å². The number of aromatic nitrogens is 2. The highest BCUT2D eigenvalue weighted by molar-refractivity contribution is 6.31. The minimum absolute atomic E-state index is 0.0490. The normalized spacial score (nSPS) is 15.0. The molecular formula is C27H28ClF2N5O3. The average molecular weight is 544 g/mol. The summed E-state index contributed by atoms with van der Waals surface area (Å²) < 4.78 is 27.7. The van der Waals surface area contributed by atoms with Gasteiger partial charge < -0.3 is 15.5 Å². The Balaban J connectivity index is 1.73. The van der Waals surface area contributed by atoms with Gasteiger partial charge in [0.15, 0.2) is 0 Å². The van der Waals surface area contributed by atoms with Crippen molar-refractivity contribution in [1.29, 1.82) is 0 Å². The molecule has 0 saturated carbocycles. The fraction of sp³-hybridized carbons (Fsp3) is 0.333. The van der Waals surface area contributed by atoms with Crippen molar-refractivity contribution < 1.29 is 18.4 Å². The fourth-order valence-electron chi connectivity index (χ4n) is 4.43. The number of hydrogen-bond donors (Lipinski definition) is 2. The van der Waals surface area contributed by atoms with Crippen LogP contribution in [0.2, 0.25) is 5.02 Å². The molecule has 1 aliphatic heterocycles. The molecule has 200 valence electrons. The highest BCUT2D eigenvalue weighted by Crippen LogP contribution is 2.30. The Morgan fingerprint density at radius 2 is 1.76 bits per heavy atom. The molecule has 8 nitrogen and oxygen atoms in total. The highest BCUT2D eigenvalue weighted by Gasteiger charge is 2.32. The third-order valence-electron chi connectivity index (χ3n) is 6.39. The number of rotatable bonds is 6. The van der Waals surface area contributed by atoms with E-state index in [9.17, 15) is 23.2 Å². The predicted octanol–water partition coefficient (Wildman–Crippen LogP) is 4.59. The molecule has 2 aromatic carbocycles. The van der Waals surface area contributed by atoms with Crippen molar-refractivity contribution in [2.24, 2.45) is 0 Å². The molecule has 11 heteroatoms. The molecule has 4 rings (SSSR count). The molecule has 0 saturated heterocycles. The summed E-state index contributed by atoms with van der Waals surface area (Å²) in [5.41, 5.74) is 1.51. The van der Waals surface area contributed by atoms with Crippen LogP contribution in [0.1, 0.15) is 64.7 Å². The first kappa shape index (κ1) is 27.3. The van der Waals surface area contributed by atoms with Gasteiger partial charge in [0, 0.05) is 41.4 Å². The molecule has 2 N–H and O–H groups in total. The largest absolute Gasteiger partial charge is 0.355 e. The number of carbonyl (C=O) groups excluding carboxylic acids is 2. The highest BCUT2D eigenvalue weighted by atomic mass is 35.5. The molecule has 3 aromatic rings. The minimum atomic E-state index is -2.74. The second kappa shape index (κ2) is 10.9. The van der Waals surface area contributed by atoms with Crippen LogP contribution in [0, 0.1) is 0 Å². The predicted molar refractivity (Wildman–Crippen MR) is 141 cm³/mol. The smallest absolute Gasteiger partial charge is 0.265 e. The fourth-order valence-corrected chi connectivity index (χ4v) is 4.70. The van der Waals surface area contributed by atoms with Crippen LogP contribution in [0.25, 0.3) is 5.69 Å². The molecule has 38 heavy (non-hydrogen) atoms. The van der Waals surface area contributed by atoms with Crippen molar-refractivity contribution in [3.05, 3.63) is 85.8 Å². The van der Waals surface area contributed by atoms with Crippen molar-refractivity contribution in [2.45, 2.75) is 52.2 Å². The first-order valence-corrected chi connectivity index (χ1v) is 12.5. The van der Waals surface area contributed by atoms with E-state index in [0.717, 1.165) is 6.07 Å². The number of carbonyl (C=O) groups is 2. The second-order valence-corrected chi connectivity index (χ2v) is 9.86. The number of halogens is 3. The zero-order valence-corrected chi connectivity index (χ0v) is 22.1. The first-order valence-electron chi connectivity index (χ1n) is 12.1. The van der Waals surface area contributed by atoms with Crippen LogP contribution in [-0.4, -0.2) is 45.4 Å². The number of hydrogen-bond acceptors (Lipinski definition) is 5. The summed E-state index contributed by atoms with van der Waals surface area (Å²) in [6.45, 7) is 5.71. The van der Waals surface area contributed by atoms with Crippen molar-refractivity contribution >= 4 is 29.4 Å². The summed E-state index contributed by atoms with van der Waals surface area (Å²) >= 11 is 5.99. The Hall–Kier alpha value is -3.79. The minimum Gasteiger partial charge on any atom is -0.355 e. The van der Waals surface area contributed by atoms with Gasteiger partial charge in [0.25, 0.3) is 23.8 Å². The molecule has 2 heterocycles. The van der Waals surface area contributed by atoms with E-state index in [2.05, 4.69) is 10.6 Å². The second-order valence-electron chi connectivity index (χ2n) is 9.45. The monoisotopic (exact) mass is 543 g/mol. The quantitative estimate of drug-likeness (QED) is 0.474. The van der Waals surface area contributed by atoms with E-state index in [4.69, 9.17) is 16.6 Å². The lowest BCUT2D eigenvalue weighted by molar-refractivity contribution is 0.0652. The van der Waals surface area contributed by atoms with Gasteiger partial charge >= 0.3 is 0 Å². The summed E-state index contributed by atoms with van der Waals surface area (Å²) in [4.78, 5) is 45.3. The van der Waals surface area contributed by atoms with E-state index < -0.39 is 6.43 Å². The molecule has 1 aliphatic rings. The van der Waals surface area contributed by atoms with Gasteiger partial charge in [-0.1, -0.05) is 17.7 Å². The maximum absolute atomic E-state index is 13.7. The Morgan fingerprint density at radius 3 is 2.34 bits per heavy atom. The van der Waals surface area contributed by atoms with Crippen molar-refractivity contribution in [2.75, 3.05) is 12.4 Å². The number of anilines is 1. The van der Waals surface area contributed by atoms with Crippen molar-refractivity contribution in [1.82, 2.24) is 19.8 Å². The van der Waals surface area contributed by atoms with E-state index in [-0.39, 0.29) is 58.6 Å². The van der Waals surface area contributed by atoms with Crippen molar-refractivity contribution in [3.8, 4) is 5.69 Å². The molecule has 0 spiro atoms. The Kier molecular flexibility index (Phi) is 7.82. The third-order valence-corrected chi connectivity index (χ3v) is 6.72. The zero-order chi connectivity index (χ0) is 27.7. The summed E-state index contributed by atoms with van der Waals surface area (Å²) in [5.74, 6) is -0.320. The van der Waals surface area contributed by atoms with Crippen LogP contribution in [0.3, 0.4) is 0 Å². The summed E-state index contributed by atoms with van der Waals surface area (Å²) in [7, 11) is 1.54. The Labute approximate surface area is 223 Å². The molecule has 0 bridgehead atoms. The standard InChI is InChI=1S/C27H28ClF2N5O3/c1-14(2)32-27-33-22-13-34(25(37)17-7-10-19(23(29)30)21(28)12-17)15(3)11-20(22)26(38)35(27)18-8-5-16(6-9-18)24(36)31-4/h5-10,12,14-15,23H,11,13H2,1-4H3,(H,31,36)(H,32,33)/t15-/m1/s1. The molecule has 0 unspecified atom stereocenters. The number of benzene rings is 2. The molecule has 1 atom stereocenters. The van der Waals surface area contributed by atoms with Crippen LogP contribution in [0.15, 0.2) is 47.3 Å². The van der Waals surface area contributed by atoms with Gasteiger partial charge in [-0.2, -0.15) is 0 Å². The van der Waals surface area contributed by atoms with Crippen LogP contribution >= 0.6 is 11.6 Å². The molecule has 1 aromatic heterocycles. The van der Waals surface area contributed by atoms with E-state index in [1.165, 1.54) is 16.7 Å². The van der Waals surface area contributed by atoms with Gasteiger partial charge in [0.2, 0.25) is 5.95 Å². The molecule has 0 radical (unpaired) electrons. The molecule has 0 fully saturated rings. The van der Waals surface area contributed by atoms with Gasteiger partial charge in [-0.25, -0.2) is 18.3 Å². The van der Waals surface area contributed by atoms with Gasteiger partial charge in [-0.15, -0.1) is 0 Å². The summed E-state index contributed by atoms with van der Waals surface area (Å²) in [5, 5.41) is 5.59. The first-order chi connectivity index (χ1) is 18.0. The van der Waals surface area contributed by atoms with Crippen molar-refractivity contribution in [3.63, 3.8) is 0 Å². The SMILES string of the molecule is CNC(=O)c1ccc(-n2c(NC(C)C)nc3c(c2=O)C[C@@H](C)N(C(=O)c2ccc(C(F)F)c(Cl)c2)C3)cc1. The number of nitrogens with one attached hydrogen (secondary N) is 2. The maximum atomic E-state index is 13.7. The lowest BCUT2D eigenvalue weighted by Crippen LogP contribution is -2.46. The number of alkyl halides is 2. The van der Waals surface area contributed by atoms with Crippen LogP contribution in [-0.2, 0) is 13.0 Å². The van der Waals surface area contributed by atoms with Gasteiger partial charge in [0.05, 0.1) is 22.9 Å². The lowest BCUT2D eigenvalue weighted by Gasteiger charge is -2.35. The molecule has 0 aliphatic carbocycles. The average Bonchev–Trinajstić information content (AvgIpc) is 2.87. The zero-order valence-electron chi connectivity index (χ0n) is 21.4. The Morgan fingerprint density at radius 1 is 1.11 bits per heavy atom. The number of fused-ring (bicyclic) bond motifs is 1. The molecular weight excluding hydrogens is 516 g/mol. The topological polar surface area (TPSA) is 96.3 Å². The number of amides is 2. The van der Waals surface area contributed by atoms with Crippen LogP contribution < -0.4 is 16.2 Å². The van der Waals surface area contributed by atoms with E-state index in [1.54, 1.807) is 36.2 Å².